The van der Waals surface area contributed by atoms with Crippen molar-refractivity contribution in [3.8, 4) is 0 Å². The molecule has 7 heteroatoms. The van der Waals surface area contributed by atoms with E-state index in [9.17, 15) is 17.6 Å². The Bertz CT molecular complexity index is 1010. The third-order valence-corrected chi connectivity index (χ3v) is 7.40. The summed E-state index contributed by atoms with van der Waals surface area (Å²) >= 11 is 0. The van der Waals surface area contributed by atoms with Gasteiger partial charge in [0.15, 0.2) is 0 Å². The van der Waals surface area contributed by atoms with E-state index in [4.69, 9.17) is 0 Å². The molecule has 1 saturated heterocycles. The van der Waals surface area contributed by atoms with Crippen LogP contribution in [0.2, 0.25) is 0 Å². The molecule has 0 radical (unpaired) electrons. The van der Waals surface area contributed by atoms with Crippen LogP contribution in [0, 0.1) is 5.82 Å². The Morgan fingerprint density at radius 3 is 2.46 bits per heavy atom. The van der Waals surface area contributed by atoms with Gasteiger partial charge in [-0.1, -0.05) is 12.5 Å². The number of benzene rings is 2. The standard InChI is InChI=1S/C21H23FN2O3S/c22-19-10-8-17(14-20(19)28(26,27)24-11-2-1-3-12-24)21(25)23-18-9-7-15-5-4-6-16(15)13-18/h7-10,13-14H,1-6,11-12H2,(H,23,25). The van der Waals surface area contributed by atoms with Gasteiger partial charge in [0.2, 0.25) is 10.0 Å². The van der Waals surface area contributed by atoms with Crippen molar-refractivity contribution in [3.63, 3.8) is 0 Å². The molecule has 148 valence electrons. The number of carbonyl (C=O) groups is 1. The third-order valence-electron chi connectivity index (χ3n) is 5.48. The fourth-order valence-corrected chi connectivity index (χ4v) is 5.55. The summed E-state index contributed by atoms with van der Waals surface area (Å²) < 4.78 is 41.3. The van der Waals surface area contributed by atoms with Gasteiger partial charge in [0.05, 0.1) is 0 Å². The molecule has 0 unspecified atom stereocenters. The quantitative estimate of drug-likeness (QED) is 0.847. The predicted molar refractivity (Wildman–Crippen MR) is 105 cm³/mol. The van der Waals surface area contributed by atoms with Crippen molar-refractivity contribution in [2.24, 2.45) is 0 Å². The summed E-state index contributed by atoms with van der Waals surface area (Å²) in [5.74, 6) is -1.28. The van der Waals surface area contributed by atoms with Crippen molar-refractivity contribution < 1.29 is 17.6 Å². The van der Waals surface area contributed by atoms with Crippen molar-refractivity contribution >= 4 is 21.6 Å². The first kappa shape index (κ1) is 19.1. The number of anilines is 1. The van der Waals surface area contributed by atoms with E-state index < -0.39 is 26.6 Å². The zero-order valence-electron chi connectivity index (χ0n) is 15.6. The maximum absolute atomic E-state index is 14.3. The number of amides is 1. The lowest BCUT2D eigenvalue weighted by Crippen LogP contribution is -2.36. The summed E-state index contributed by atoms with van der Waals surface area (Å²) in [6, 6.07) is 9.31. The second kappa shape index (κ2) is 7.64. The fourth-order valence-electron chi connectivity index (χ4n) is 3.94. The lowest BCUT2D eigenvalue weighted by atomic mass is 10.1. The Kier molecular flexibility index (Phi) is 5.21. The zero-order chi connectivity index (χ0) is 19.7. The van der Waals surface area contributed by atoms with Crippen LogP contribution in [0.1, 0.15) is 47.2 Å². The highest BCUT2D eigenvalue weighted by atomic mass is 32.2. The lowest BCUT2D eigenvalue weighted by molar-refractivity contribution is 0.102. The van der Waals surface area contributed by atoms with Gasteiger partial charge in [-0.3, -0.25) is 4.79 Å². The van der Waals surface area contributed by atoms with Crippen molar-refractivity contribution in [1.29, 1.82) is 0 Å². The molecular formula is C21H23FN2O3S. The second-order valence-corrected chi connectivity index (χ2v) is 9.31. The molecule has 1 aliphatic carbocycles. The molecule has 2 aromatic carbocycles. The van der Waals surface area contributed by atoms with Crippen molar-refractivity contribution in [2.45, 2.75) is 43.4 Å². The maximum Gasteiger partial charge on any atom is 0.255 e. The molecule has 1 N–H and O–H groups in total. The molecule has 5 nitrogen and oxygen atoms in total. The number of nitrogens with zero attached hydrogens (tertiary/aromatic N) is 1. The predicted octanol–water partition coefficient (Wildman–Crippen LogP) is 3.74. The van der Waals surface area contributed by atoms with E-state index >= 15 is 0 Å². The van der Waals surface area contributed by atoms with E-state index in [1.165, 1.54) is 21.5 Å². The van der Waals surface area contributed by atoms with E-state index in [0.29, 0.717) is 18.8 Å². The maximum atomic E-state index is 14.3. The lowest BCUT2D eigenvalue weighted by Gasteiger charge is -2.26. The van der Waals surface area contributed by atoms with Crippen LogP contribution in [0.3, 0.4) is 0 Å². The first-order valence-corrected chi connectivity index (χ1v) is 11.1. The largest absolute Gasteiger partial charge is 0.322 e. The first-order chi connectivity index (χ1) is 13.4. The first-order valence-electron chi connectivity index (χ1n) is 9.68. The molecule has 0 spiro atoms. The van der Waals surface area contributed by atoms with Crippen LogP contribution >= 0.6 is 0 Å². The number of halogens is 1. The van der Waals surface area contributed by atoms with Gasteiger partial charge in [-0.2, -0.15) is 4.31 Å². The van der Waals surface area contributed by atoms with Gasteiger partial charge in [-0.05, 0) is 73.6 Å². The van der Waals surface area contributed by atoms with E-state index in [0.717, 1.165) is 50.7 Å². The van der Waals surface area contributed by atoms with Gasteiger partial charge in [0.25, 0.3) is 5.91 Å². The summed E-state index contributed by atoms with van der Waals surface area (Å²) in [5, 5.41) is 2.80. The minimum absolute atomic E-state index is 0.123. The second-order valence-electron chi connectivity index (χ2n) is 7.40. The van der Waals surface area contributed by atoms with E-state index in [1.54, 1.807) is 0 Å². The average molecular weight is 402 g/mol. The number of hydrogen-bond donors (Lipinski definition) is 1. The molecule has 1 fully saturated rings. The Labute approximate surface area is 164 Å². The van der Waals surface area contributed by atoms with Crippen molar-refractivity contribution in [1.82, 2.24) is 4.31 Å². The Morgan fingerprint density at radius 2 is 1.68 bits per heavy atom. The smallest absolute Gasteiger partial charge is 0.255 e. The molecule has 4 rings (SSSR count). The Morgan fingerprint density at radius 1 is 0.929 bits per heavy atom. The monoisotopic (exact) mass is 402 g/mol. The highest BCUT2D eigenvalue weighted by Crippen LogP contribution is 2.26. The molecule has 1 aliphatic heterocycles. The number of nitrogens with one attached hydrogen (secondary N) is 1. The van der Waals surface area contributed by atoms with Crippen LogP contribution in [0.15, 0.2) is 41.3 Å². The number of carbonyl (C=O) groups excluding carboxylic acids is 1. The molecule has 0 atom stereocenters. The number of aryl methyl sites for hydroxylation is 2. The van der Waals surface area contributed by atoms with Crippen LogP contribution in [0.25, 0.3) is 0 Å². The number of rotatable bonds is 4. The third kappa shape index (κ3) is 3.69. The highest BCUT2D eigenvalue weighted by molar-refractivity contribution is 7.89. The summed E-state index contributed by atoms with van der Waals surface area (Å²) in [6.45, 7) is 0.765. The summed E-state index contributed by atoms with van der Waals surface area (Å²) in [7, 11) is -3.95. The molecule has 2 aromatic rings. The summed E-state index contributed by atoms with van der Waals surface area (Å²) in [5.41, 5.74) is 3.31. The van der Waals surface area contributed by atoms with Crippen LogP contribution in [-0.2, 0) is 22.9 Å². The van der Waals surface area contributed by atoms with Gasteiger partial charge in [0, 0.05) is 24.3 Å². The topological polar surface area (TPSA) is 66.5 Å². The number of hydrogen-bond acceptors (Lipinski definition) is 3. The fraction of sp³-hybridized carbons (Fsp3) is 0.381. The van der Waals surface area contributed by atoms with Gasteiger partial charge in [-0.25, -0.2) is 12.8 Å². The Balaban J connectivity index is 1.58. The average Bonchev–Trinajstić information content (AvgIpc) is 3.16. The summed E-state index contributed by atoms with van der Waals surface area (Å²) in [4.78, 5) is 12.2. The zero-order valence-corrected chi connectivity index (χ0v) is 16.4. The van der Waals surface area contributed by atoms with Gasteiger partial charge < -0.3 is 5.32 Å². The minimum Gasteiger partial charge on any atom is -0.322 e. The van der Waals surface area contributed by atoms with Crippen molar-refractivity contribution in [2.75, 3.05) is 18.4 Å². The van der Waals surface area contributed by atoms with Gasteiger partial charge in [0.1, 0.15) is 10.7 Å². The highest BCUT2D eigenvalue weighted by Gasteiger charge is 2.29. The molecule has 28 heavy (non-hydrogen) atoms. The molecule has 0 bridgehead atoms. The van der Waals surface area contributed by atoms with Gasteiger partial charge in [-0.15, -0.1) is 0 Å². The number of fused-ring (bicyclic) bond motifs is 1. The number of sulfonamides is 1. The number of piperidine rings is 1. The Hall–Kier alpha value is -2.25. The van der Waals surface area contributed by atoms with Crippen molar-refractivity contribution in [3.05, 3.63) is 58.9 Å². The molecule has 0 saturated carbocycles. The van der Waals surface area contributed by atoms with Crippen LogP contribution in [-0.4, -0.2) is 31.7 Å². The molecule has 1 heterocycles. The molecule has 2 aliphatic rings. The van der Waals surface area contributed by atoms with Crippen LogP contribution < -0.4 is 5.32 Å². The van der Waals surface area contributed by atoms with Gasteiger partial charge >= 0.3 is 0 Å². The van der Waals surface area contributed by atoms with Crippen LogP contribution in [0.5, 0.6) is 0 Å². The normalized spacial score (nSPS) is 17.3. The molecule has 1 amide bonds. The molecular weight excluding hydrogens is 379 g/mol. The van der Waals surface area contributed by atoms with E-state index in [-0.39, 0.29) is 5.56 Å². The minimum atomic E-state index is -3.95. The SMILES string of the molecule is O=C(Nc1ccc2c(c1)CCC2)c1ccc(F)c(S(=O)(=O)N2CCCCC2)c1. The van der Waals surface area contributed by atoms with E-state index in [1.807, 2.05) is 18.2 Å². The van der Waals surface area contributed by atoms with Crippen LogP contribution in [0.4, 0.5) is 10.1 Å². The van der Waals surface area contributed by atoms with E-state index in [2.05, 4.69) is 5.32 Å². The summed E-state index contributed by atoms with van der Waals surface area (Å²) in [6.07, 6.45) is 5.66. The molecule has 0 aromatic heterocycles.